The molecule has 4 aromatic rings. The number of hydrogen-bond acceptors (Lipinski definition) is 4. The van der Waals surface area contributed by atoms with Crippen molar-refractivity contribution in [2.45, 2.75) is 0 Å². The summed E-state index contributed by atoms with van der Waals surface area (Å²) in [4.78, 5) is 17.2. The Morgan fingerprint density at radius 3 is 2.64 bits per heavy atom. The van der Waals surface area contributed by atoms with Crippen LogP contribution >= 0.6 is 11.3 Å². The first-order valence-corrected chi connectivity index (χ1v) is 7.68. The molecule has 0 bridgehead atoms. The van der Waals surface area contributed by atoms with Crippen molar-refractivity contribution < 1.29 is 0 Å². The third-order valence-corrected chi connectivity index (χ3v) is 4.43. The SMILES string of the molecule is O=c1[nH]nc(-c2cc(-c3ccccn3)cs2)c2ccccc12. The molecule has 0 amide bonds. The predicted molar refractivity (Wildman–Crippen MR) is 88.9 cm³/mol. The van der Waals surface area contributed by atoms with E-state index in [1.807, 2.05) is 42.5 Å². The molecule has 4 rings (SSSR count). The largest absolute Gasteiger partial charge is 0.272 e. The Morgan fingerprint density at radius 2 is 1.82 bits per heavy atom. The van der Waals surface area contributed by atoms with Gasteiger partial charge in [0.05, 0.1) is 16.0 Å². The molecule has 0 unspecified atom stereocenters. The van der Waals surface area contributed by atoms with Crippen molar-refractivity contribution in [2.75, 3.05) is 0 Å². The maximum Gasteiger partial charge on any atom is 0.272 e. The first kappa shape index (κ1) is 12.9. The van der Waals surface area contributed by atoms with Crippen LogP contribution in [-0.2, 0) is 0 Å². The fourth-order valence-corrected chi connectivity index (χ4v) is 3.34. The number of fused-ring (bicyclic) bond motifs is 1. The number of nitrogens with zero attached hydrogens (tertiary/aromatic N) is 2. The predicted octanol–water partition coefficient (Wildman–Crippen LogP) is 3.71. The lowest BCUT2D eigenvalue weighted by molar-refractivity contribution is 1.02. The Balaban J connectivity index is 1.89. The molecule has 5 heteroatoms. The van der Waals surface area contributed by atoms with Gasteiger partial charge in [0.2, 0.25) is 0 Å². The Labute approximate surface area is 130 Å². The second-order valence-corrected chi connectivity index (χ2v) is 5.77. The molecular formula is C17H11N3OS. The fraction of sp³-hybridized carbons (Fsp3) is 0. The number of thiophene rings is 1. The number of pyridine rings is 1. The van der Waals surface area contributed by atoms with Gasteiger partial charge in [-0.15, -0.1) is 11.3 Å². The molecule has 1 N–H and O–H groups in total. The lowest BCUT2D eigenvalue weighted by Gasteiger charge is -2.02. The summed E-state index contributed by atoms with van der Waals surface area (Å²) in [6.45, 7) is 0. The van der Waals surface area contributed by atoms with E-state index < -0.39 is 0 Å². The maximum atomic E-state index is 11.9. The van der Waals surface area contributed by atoms with Crippen molar-refractivity contribution >= 4 is 22.1 Å². The summed E-state index contributed by atoms with van der Waals surface area (Å²) >= 11 is 1.59. The van der Waals surface area contributed by atoms with E-state index in [9.17, 15) is 4.79 Å². The standard InChI is InChI=1S/C17H11N3OS/c21-17-13-6-2-1-5-12(13)16(19-20-17)15-9-11(10-22-15)14-7-3-4-8-18-14/h1-10H,(H,20,21). The first-order valence-electron chi connectivity index (χ1n) is 6.81. The van der Waals surface area contributed by atoms with Gasteiger partial charge >= 0.3 is 0 Å². The highest BCUT2D eigenvalue weighted by molar-refractivity contribution is 7.14. The summed E-state index contributed by atoms with van der Waals surface area (Å²) in [5.74, 6) is 0. The number of aromatic amines is 1. The number of H-pyrrole nitrogens is 1. The first-order chi connectivity index (χ1) is 10.8. The summed E-state index contributed by atoms with van der Waals surface area (Å²) in [5, 5.41) is 10.4. The second kappa shape index (κ2) is 5.20. The van der Waals surface area contributed by atoms with Gasteiger partial charge in [-0.2, -0.15) is 5.10 Å². The van der Waals surface area contributed by atoms with Crippen molar-refractivity contribution in [1.29, 1.82) is 0 Å². The van der Waals surface area contributed by atoms with Gasteiger partial charge in [-0.3, -0.25) is 9.78 Å². The zero-order chi connectivity index (χ0) is 14.9. The molecule has 4 nitrogen and oxygen atoms in total. The lowest BCUT2D eigenvalue weighted by Crippen LogP contribution is -2.08. The Kier molecular flexibility index (Phi) is 3.05. The zero-order valence-electron chi connectivity index (χ0n) is 11.5. The molecule has 0 saturated carbocycles. The number of rotatable bonds is 2. The van der Waals surface area contributed by atoms with Gasteiger partial charge in [-0.25, -0.2) is 5.10 Å². The van der Waals surface area contributed by atoms with Crippen LogP contribution in [0.15, 0.2) is 64.9 Å². The summed E-state index contributed by atoms with van der Waals surface area (Å²) < 4.78 is 0. The minimum absolute atomic E-state index is 0.166. The van der Waals surface area contributed by atoms with Crippen LogP contribution in [0.3, 0.4) is 0 Å². The highest BCUT2D eigenvalue weighted by Gasteiger charge is 2.11. The van der Waals surface area contributed by atoms with Gasteiger partial charge in [0.25, 0.3) is 5.56 Å². The van der Waals surface area contributed by atoms with Crippen LogP contribution in [0.5, 0.6) is 0 Å². The lowest BCUT2D eigenvalue weighted by atomic mass is 10.1. The second-order valence-electron chi connectivity index (χ2n) is 4.86. The van der Waals surface area contributed by atoms with E-state index in [1.54, 1.807) is 17.5 Å². The van der Waals surface area contributed by atoms with E-state index in [0.717, 1.165) is 27.2 Å². The van der Waals surface area contributed by atoms with E-state index in [1.165, 1.54) is 0 Å². The molecule has 0 aliphatic rings. The van der Waals surface area contributed by atoms with Crippen LogP contribution in [0.4, 0.5) is 0 Å². The third kappa shape index (κ3) is 2.12. The number of nitrogens with one attached hydrogen (secondary N) is 1. The average Bonchev–Trinajstić information content (AvgIpc) is 3.06. The number of aromatic nitrogens is 3. The monoisotopic (exact) mass is 305 g/mol. The van der Waals surface area contributed by atoms with E-state index in [-0.39, 0.29) is 5.56 Å². The van der Waals surface area contributed by atoms with Gasteiger partial charge in [-0.05, 0) is 24.3 Å². The molecule has 22 heavy (non-hydrogen) atoms. The van der Waals surface area contributed by atoms with Gasteiger partial charge in [-0.1, -0.05) is 24.3 Å². The summed E-state index contributed by atoms with van der Waals surface area (Å²) in [5.41, 5.74) is 2.61. The zero-order valence-corrected chi connectivity index (χ0v) is 12.3. The molecule has 0 fully saturated rings. The molecule has 0 saturated heterocycles. The summed E-state index contributed by atoms with van der Waals surface area (Å²) in [7, 11) is 0. The smallest absolute Gasteiger partial charge is 0.267 e. The number of hydrogen-bond donors (Lipinski definition) is 1. The molecule has 0 aliphatic heterocycles. The molecule has 1 aromatic carbocycles. The molecule has 0 atom stereocenters. The minimum Gasteiger partial charge on any atom is -0.267 e. The molecule has 0 radical (unpaired) electrons. The van der Waals surface area contributed by atoms with E-state index in [2.05, 4.69) is 26.6 Å². The van der Waals surface area contributed by atoms with E-state index >= 15 is 0 Å². The minimum atomic E-state index is -0.166. The van der Waals surface area contributed by atoms with Gasteiger partial charge in [0.1, 0.15) is 5.69 Å². The molecule has 0 spiro atoms. The highest BCUT2D eigenvalue weighted by atomic mass is 32.1. The van der Waals surface area contributed by atoms with Crippen molar-refractivity contribution in [3.05, 3.63) is 70.5 Å². The Bertz CT molecular complexity index is 1010. The third-order valence-electron chi connectivity index (χ3n) is 3.49. The van der Waals surface area contributed by atoms with Crippen LogP contribution in [0.25, 0.3) is 32.6 Å². The van der Waals surface area contributed by atoms with Crippen molar-refractivity contribution in [1.82, 2.24) is 15.2 Å². The molecule has 3 heterocycles. The average molecular weight is 305 g/mol. The molecule has 0 aliphatic carbocycles. The van der Waals surface area contributed by atoms with Crippen LogP contribution in [0, 0.1) is 0 Å². The maximum absolute atomic E-state index is 11.9. The Morgan fingerprint density at radius 1 is 1.00 bits per heavy atom. The summed E-state index contributed by atoms with van der Waals surface area (Å²) in [6.07, 6.45) is 1.78. The molecule has 3 aromatic heterocycles. The van der Waals surface area contributed by atoms with Crippen LogP contribution in [0.2, 0.25) is 0 Å². The normalized spacial score (nSPS) is 10.9. The van der Waals surface area contributed by atoms with Crippen molar-refractivity contribution in [2.24, 2.45) is 0 Å². The van der Waals surface area contributed by atoms with Crippen molar-refractivity contribution in [3.63, 3.8) is 0 Å². The summed E-state index contributed by atoms with van der Waals surface area (Å²) in [6, 6.07) is 15.4. The topological polar surface area (TPSA) is 58.6 Å². The highest BCUT2D eigenvalue weighted by Crippen LogP contribution is 2.33. The van der Waals surface area contributed by atoms with Gasteiger partial charge in [0.15, 0.2) is 0 Å². The van der Waals surface area contributed by atoms with Crippen LogP contribution in [0.1, 0.15) is 0 Å². The van der Waals surface area contributed by atoms with Gasteiger partial charge < -0.3 is 0 Å². The fourth-order valence-electron chi connectivity index (χ4n) is 2.43. The molecular weight excluding hydrogens is 294 g/mol. The van der Waals surface area contributed by atoms with E-state index in [0.29, 0.717) is 5.39 Å². The quantitative estimate of drug-likeness (QED) is 0.614. The number of benzene rings is 1. The van der Waals surface area contributed by atoms with Gasteiger partial charge in [0, 0.05) is 22.5 Å². The molecule has 106 valence electrons. The van der Waals surface area contributed by atoms with Crippen LogP contribution in [-0.4, -0.2) is 15.2 Å². The van der Waals surface area contributed by atoms with Crippen LogP contribution < -0.4 is 5.56 Å². The van der Waals surface area contributed by atoms with Crippen molar-refractivity contribution in [3.8, 4) is 21.8 Å². The Hall–Kier alpha value is -2.79. The van der Waals surface area contributed by atoms with E-state index in [4.69, 9.17) is 0 Å².